The Labute approximate surface area is 167 Å². The molecule has 0 amide bonds. The standard InChI is InChI=1S/C22H34O6/c1-2-18(24)21-16-19(25)20(28-21)15-14-17(23)12-10-8-6-4-3-5-7-9-11-13-22(26)27/h3-4,7-10,14-15,17-21,23-25H,2,5-6,11-13,16H2,1H3,(H,26,27)/b4-3-,9-7-,10-8-,15-14+/t17-,18-,19+,20+,21+/m0/s1. The van der Waals surface area contributed by atoms with Crippen LogP contribution >= 0.6 is 0 Å². The van der Waals surface area contributed by atoms with Gasteiger partial charge in [0.25, 0.3) is 0 Å². The molecular weight excluding hydrogens is 360 g/mol. The summed E-state index contributed by atoms with van der Waals surface area (Å²) in [5.41, 5.74) is 0. The van der Waals surface area contributed by atoms with Gasteiger partial charge in [0, 0.05) is 12.8 Å². The number of carboxylic acids is 1. The molecule has 0 spiro atoms. The van der Waals surface area contributed by atoms with E-state index < -0.39 is 30.4 Å². The number of allylic oxidation sites excluding steroid dienone is 5. The number of aliphatic hydroxyl groups excluding tert-OH is 3. The van der Waals surface area contributed by atoms with Gasteiger partial charge < -0.3 is 25.2 Å². The summed E-state index contributed by atoms with van der Waals surface area (Å²) in [5, 5.41) is 38.3. The second kappa shape index (κ2) is 14.3. The van der Waals surface area contributed by atoms with E-state index in [1.165, 1.54) is 0 Å². The van der Waals surface area contributed by atoms with Gasteiger partial charge in [0.1, 0.15) is 6.10 Å². The summed E-state index contributed by atoms with van der Waals surface area (Å²) in [6, 6.07) is 0. The summed E-state index contributed by atoms with van der Waals surface area (Å²) in [4.78, 5) is 10.3. The second-order valence-electron chi connectivity index (χ2n) is 6.92. The van der Waals surface area contributed by atoms with E-state index in [0.29, 0.717) is 25.7 Å². The number of carboxylic acid groups (broad SMARTS) is 1. The topological polar surface area (TPSA) is 107 Å². The predicted molar refractivity (Wildman–Crippen MR) is 109 cm³/mol. The summed E-state index contributed by atoms with van der Waals surface area (Å²) in [7, 11) is 0. The van der Waals surface area contributed by atoms with E-state index in [1.807, 2.05) is 43.4 Å². The monoisotopic (exact) mass is 394 g/mol. The van der Waals surface area contributed by atoms with E-state index in [9.17, 15) is 20.1 Å². The Kier molecular flexibility index (Phi) is 12.4. The molecular formula is C22H34O6. The van der Waals surface area contributed by atoms with Crippen LogP contribution in [0, 0.1) is 0 Å². The number of hydrogen-bond donors (Lipinski definition) is 4. The number of rotatable bonds is 13. The molecule has 1 rings (SSSR count). The molecule has 0 aliphatic carbocycles. The van der Waals surface area contributed by atoms with Crippen molar-refractivity contribution in [3.05, 3.63) is 48.6 Å². The Morgan fingerprint density at radius 2 is 1.75 bits per heavy atom. The van der Waals surface area contributed by atoms with Crippen molar-refractivity contribution in [2.24, 2.45) is 0 Å². The number of aliphatic hydroxyl groups is 3. The van der Waals surface area contributed by atoms with Crippen LogP contribution in [0.15, 0.2) is 48.6 Å². The summed E-state index contributed by atoms with van der Waals surface area (Å²) >= 11 is 0. The SMILES string of the molecule is CC[C@H](O)[C@H]1C[C@@H](O)[C@@H](/C=C/[C@@H](O)C/C=C\C/C=C\C/C=C\CCC(=O)O)O1. The predicted octanol–water partition coefficient (Wildman–Crippen LogP) is 2.90. The molecule has 0 unspecified atom stereocenters. The zero-order chi connectivity index (χ0) is 20.8. The highest BCUT2D eigenvalue weighted by Crippen LogP contribution is 2.25. The van der Waals surface area contributed by atoms with Crippen LogP contribution < -0.4 is 0 Å². The molecule has 4 N–H and O–H groups in total. The van der Waals surface area contributed by atoms with E-state index in [0.717, 1.165) is 12.8 Å². The molecule has 0 aromatic rings. The van der Waals surface area contributed by atoms with Crippen LogP contribution in [0.4, 0.5) is 0 Å². The van der Waals surface area contributed by atoms with Crippen molar-refractivity contribution in [1.82, 2.24) is 0 Å². The Morgan fingerprint density at radius 1 is 1.11 bits per heavy atom. The fourth-order valence-corrected chi connectivity index (χ4v) is 2.82. The average molecular weight is 395 g/mol. The highest BCUT2D eigenvalue weighted by molar-refractivity contribution is 5.66. The Balaban J connectivity index is 2.18. The molecule has 1 heterocycles. The first-order valence-electron chi connectivity index (χ1n) is 9.98. The van der Waals surface area contributed by atoms with Gasteiger partial charge in [-0.3, -0.25) is 4.79 Å². The molecule has 5 atom stereocenters. The van der Waals surface area contributed by atoms with Crippen molar-refractivity contribution in [1.29, 1.82) is 0 Å². The maximum Gasteiger partial charge on any atom is 0.303 e. The normalized spacial score (nSPS) is 25.5. The zero-order valence-electron chi connectivity index (χ0n) is 16.6. The molecule has 1 aliphatic heterocycles. The molecule has 0 bridgehead atoms. The minimum atomic E-state index is -0.784. The van der Waals surface area contributed by atoms with Gasteiger partial charge >= 0.3 is 5.97 Å². The molecule has 6 nitrogen and oxygen atoms in total. The van der Waals surface area contributed by atoms with Crippen LogP contribution in [0.1, 0.15) is 51.9 Å². The third-order valence-corrected chi connectivity index (χ3v) is 4.50. The highest BCUT2D eigenvalue weighted by Gasteiger charge is 2.35. The lowest BCUT2D eigenvalue weighted by atomic mass is 10.1. The number of ether oxygens (including phenoxy) is 1. The minimum Gasteiger partial charge on any atom is -0.481 e. The van der Waals surface area contributed by atoms with Crippen molar-refractivity contribution in [3.63, 3.8) is 0 Å². The van der Waals surface area contributed by atoms with Crippen LogP contribution in [0.5, 0.6) is 0 Å². The first kappa shape index (κ1) is 24.3. The lowest BCUT2D eigenvalue weighted by Gasteiger charge is -2.16. The summed E-state index contributed by atoms with van der Waals surface area (Å²) < 4.78 is 5.63. The van der Waals surface area contributed by atoms with Crippen LogP contribution in [-0.4, -0.2) is 56.9 Å². The number of aliphatic carboxylic acids is 1. The second-order valence-corrected chi connectivity index (χ2v) is 6.92. The van der Waals surface area contributed by atoms with Gasteiger partial charge in [-0.1, -0.05) is 55.5 Å². The van der Waals surface area contributed by atoms with Gasteiger partial charge in [-0.05, 0) is 32.1 Å². The van der Waals surface area contributed by atoms with Gasteiger partial charge in [0.05, 0.1) is 24.4 Å². The highest BCUT2D eigenvalue weighted by atomic mass is 16.5. The van der Waals surface area contributed by atoms with Crippen molar-refractivity contribution in [3.8, 4) is 0 Å². The zero-order valence-corrected chi connectivity index (χ0v) is 16.6. The van der Waals surface area contributed by atoms with Crippen LogP contribution in [0.25, 0.3) is 0 Å². The molecule has 1 aliphatic rings. The van der Waals surface area contributed by atoms with Crippen molar-refractivity contribution >= 4 is 5.97 Å². The fourth-order valence-electron chi connectivity index (χ4n) is 2.82. The van der Waals surface area contributed by atoms with E-state index >= 15 is 0 Å². The van der Waals surface area contributed by atoms with Crippen molar-refractivity contribution in [2.45, 2.75) is 82.4 Å². The smallest absolute Gasteiger partial charge is 0.303 e. The Bertz CT molecular complexity index is 551. The quantitative estimate of drug-likeness (QED) is 0.358. The number of hydrogen-bond acceptors (Lipinski definition) is 5. The Hall–Kier alpha value is -1.73. The molecule has 0 saturated carbocycles. The van der Waals surface area contributed by atoms with Gasteiger partial charge in [-0.2, -0.15) is 0 Å². The van der Waals surface area contributed by atoms with Crippen LogP contribution in [-0.2, 0) is 9.53 Å². The third-order valence-electron chi connectivity index (χ3n) is 4.50. The Morgan fingerprint density at radius 3 is 2.39 bits per heavy atom. The van der Waals surface area contributed by atoms with Crippen molar-refractivity contribution < 1.29 is 30.0 Å². The lowest BCUT2D eigenvalue weighted by Crippen LogP contribution is -2.25. The summed E-state index contributed by atoms with van der Waals surface area (Å²) in [6.07, 6.45) is 16.0. The minimum absolute atomic E-state index is 0.160. The largest absolute Gasteiger partial charge is 0.481 e. The van der Waals surface area contributed by atoms with Crippen LogP contribution in [0.2, 0.25) is 0 Å². The third kappa shape index (κ3) is 10.6. The summed E-state index contributed by atoms with van der Waals surface area (Å²) in [6.45, 7) is 1.87. The summed E-state index contributed by atoms with van der Waals surface area (Å²) in [5.74, 6) is -0.784. The molecule has 158 valence electrons. The maximum atomic E-state index is 10.3. The van der Waals surface area contributed by atoms with Gasteiger partial charge in [0.2, 0.25) is 0 Å². The molecule has 28 heavy (non-hydrogen) atoms. The van der Waals surface area contributed by atoms with E-state index in [2.05, 4.69) is 0 Å². The molecule has 6 heteroatoms. The number of carbonyl (C=O) groups is 1. The molecule has 0 aromatic heterocycles. The molecule has 1 saturated heterocycles. The van der Waals surface area contributed by atoms with E-state index in [1.54, 1.807) is 12.2 Å². The molecule has 1 fully saturated rings. The van der Waals surface area contributed by atoms with Gasteiger partial charge in [0.15, 0.2) is 0 Å². The molecule has 0 aromatic carbocycles. The van der Waals surface area contributed by atoms with E-state index in [4.69, 9.17) is 9.84 Å². The average Bonchev–Trinajstić information content (AvgIpc) is 3.04. The first-order chi connectivity index (χ1) is 13.4. The van der Waals surface area contributed by atoms with Gasteiger partial charge in [-0.25, -0.2) is 0 Å². The van der Waals surface area contributed by atoms with E-state index in [-0.39, 0.29) is 12.5 Å². The fraction of sp³-hybridized carbons (Fsp3) is 0.591. The maximum absolute atomic E-state index is 10.3. The van der Waals surface area contributed by atoms with Crippen molar-refractivity contribution in [2.75, 3.05) is 0 Å². The lowest BCUT2D eigenvalue weighted by molar-refractivity contribution is -0.136. The first-order valence-corrected chi connectivity index (χ1v) is 9.98. The van der Waals surface area contributed by atoms with Gasteiger partial charge in [-0.15, -0.1) is 0 Å². The van der Waals surface area contributed by atoms with Crippen LogP contribution in [0.3, 0.4) is 0 Å². The molecule has 0 radical (unpaired) electrons.